The molecule has 0 unspecified atom stereocenters. The summed E-state index contributed by atoms with van der Waals surface area (Å²) < 4.78 is 15.9. The third kappa shape index (κ3) is 4.72. The van der Waals surface area contributed by atoms with Crippen molar-refractivity contribution in [1.29, 1.82) is 0 Å². The van der Waals surface area contributed by atoms with Crippen molar-refractivity contribution in [1.82, 2.24) is 9.80 Å². The number of morpholine rings is 1. The molecule has 33 heavy (non-hydrogen) atoms. The van der Waals surface area contributed by atoms with Crippen LogP contribution in [0.2, 0.25) is 0 Å². The molecule has 0 bridgehead atoms. The first-order valence-corrected chi connectivity index (χ1v) is 10.9. The predicted octanol–water partition coefficient (Wildman–Crippen LogP) is 2.46. The number of carbonyl (C=O) groups excluding carboxylic acids is 2. The van der Waals surface area contributed by atoms with E-state index in [1.807, 2.05) is 12.1 Å². The normalized spacial score (nSPS) is 20.8. The Morgan fingerprint density at radius 2 is 1.70 bits per heavy atom. The van der Waals surface area contributed by atoms with E-state index in [9.17, 15) is 14.7 Å². The summed E-state index contributed by atoms with van der Waals surface area (Å²) in [4.78, 5) is 30.0. The molecule has 2 aliphatic rings. The predicted molar refractivity (Wildman–Crippen MR) is 122 cm³/mol. The summed E-state index contributed by atoms with van der Waals surface area (Å²) in [5.41, 5.74) is 1.21. The smallest absolute Gasteiger partial charge is 0.295 e. The van der Waals surface area contributed by atoms with Gasteiger partial charge in [-0.1, -0.05) is 12.1 Å². The lowest BCUT2D eigenvalue weighted by molar-refractivity contribution is -0.140. The number of hydrogen-bond donors (Lipinski definition) is 1. The fourth-order valence-corrected chi connectivity index (χ4v) is 4.25. The van der Waals surface area contributed by atoms with Crippen LogP contribution in [0.15, 0.2) is 54.1 Å². The average Bonchev–Trinajstić information content (AvgIpc) is 3.12. The van der Waals surface area contributed by atoms with Gasteiger partial charge in [0, 0.05) is 31.7 Å². The molecule has 0 aliphatic carbocycles. The highest BCUT2D eigenvalue weighted by Crippen LogP contribution is 2.40. The molecule has 0 saturated carbocycles. The van der Waals surface area contributed by atoms with Crippen LogP contribution < -0.4 is 9.47 Å². The third-order valence-electron chi connectivity index (χ3n) is 6.07. The average molecular weight is 453 g/mol. The number of aliphatic hydroxyl groups excluding tert-OH is 1. The zero-order valence-electron chi connectivity index (χ0n) is 18.8. The summed E-state index contributed by atoms with van der Waals surface area (Å²) >= 11 is 0. The van der Waals surface area contributed by atoms with Gasteiger partial charge in [0.05, 0.1) is 39.0 Å². The van der Waals surface area contributed by atoms with Crippen LogP contribution >= 0.6 is 0 Å². The monoisotopic (exact) mass is 452 g/mol. The summed E-state index contributed by atoms with van der Waals surface area (Å²) in [6, 6.07) is 13.2. The lowest BCUT2D eigenvalue weighted by Gasteiger charge is -2.31. The molecule has 2 aromatic rings. The van der Waals surface area contributed by atoms with Gasteiger partial charge in [-0.05, 0) is 42.0 Å². The third-order valence-corrected chi connectivity index (χ3v) is 6.07. The highest BCUT2D eigenvalue weighted by molar-refractivity contribution is 6.46. The van der Waals surface area contributed by atoms with Gasteiger partial charge in [0.25, 0.3) is 11.7 Å². The fourth-order valence-electron chi connectivity index (χ4n) is 4.25. The molecule has 174 valence electrons. The Balaban J connectivity index is 1.74. The SMILES string of the molecule is COc1ccc(/C(O)=C2\C(=O)C(=O)N(CCN3CCOCC3)[C@H]2c2cccc(OC)c2)cc1. The molecule has 8 nitrogen and oxygen atoms in total. The number of methoxy groups -OCH3 is 2. The fraction of sp³-hybridized carbons (Fsp3) is 0.360. The van der Waals surface area contributed by atoms with E-state index in [4.69, 9.17) is 14.2 Å². The van der Waals surface area contributed by atoms with E-state index in [-0.39, 0.29) is 11.3 Å². The maximum atomic E-state index is 13.1. The van der Waals surface area contributed by atoms with Crippen LogP contribution in [-0.4, -0.2) is 80.2 Å². The van der Waals surface area contributed by atoms with Crippen LogP contribution in [0, 0.1) is 0 Å². The van der Waals surface area contributed by atoms with E-state index >= 15 is 0 Å². The second-order valence-electron chi connectivity index (χ2n) is 7.95. The second kappa shape index (κ2) is 10.1. The number of benzene rings is 2. The van der Waals surface area contributed by atoms with Gasteiger partial charge in [-0.3, -0.25) is 14.5 Å². The molecule has 1 N–H and O–H groups in total. The summed E-state index contributed by atoms with van der Waals surface area (Å²) in [6.07, 6.45) is 0. The van der Waals surface area contributed by atoms with Crippen molar-refractivity contribution in [3.63, 3.8) is 0 Å². The first-order chi connectivity index (χ1) is 16.0. The van der Waals surface area contributed by atoms with Crippen LogP contribution in [0.4, 0.5) is 0 Å². The maximum absolute atomic E-state index is 13.1. The Morgan fingerprint density at radius 3 is 2.36 bits per heavy atom. The zero-order valence-corrected chi connectivity index (χ0v) is 18.8. The maximum Gasteiger partial charge on any atom is 0.295 e. The van der Waals surface area contributed by atoms with Gasteiger partial charge in [0.1, 0.15) is 17.3 Å². The highest BCUT2D eigenvalue weighted by Gasteiger charge is 2.46. The number of nitrogens with zero attached hydrogens (tertiary/aromatic N) is 2. The van der Waals surface area contributed by atoms with Crippen molar-refractivity contribution in [3.05, 3.63) is 65.2 Å². The van der Waals surface area contributed by atoms with Crippen LogP contribution in [0.3, 0.4) is 0 Å². The van der Waals surface area contributed by atoms with Crippen LogP contribution in [-0.2, 0) is 14.3 Å². The lowest BCUT2D eigenvalue weighted by Crippen LogP contribution is -2.42. The number of Topliss-reactive ketones (excluding diaryl/α,β-unsaturated/α-hetero) is 1. The molecule has 1 atom stereocenters. The molecule has 2 aromatic carbocycles. The summed E-state index contributed by atoms with van der Waals surface area (Å²) in [7, 11) is 3.11. The van der Waals surface area contributed by atoms with Crippen molar-refractivity contribution in [2.24, 2.45) is 0 Å². The largest absolute Gasteiger partial charge is 0.507 e. The standard InChI is InChI=1S/C25H28N2O6/c1-31-19-8-6-17(7-9-19)23(28)21-22(18-4-3-5-20(16-18)32-2)27(25(30)24(21)29)11-10-26-12-14-33-15-13-26/h3-9,16,22,28H,10-15H2,1-2H3/b23-21+/t22-/m0/s1. The van der Waals surface area contributed by atoms with E-state index in [0.29, 0.717) is 48.9 Å². The van der Waals surface area contributed by atoms with Gasteiger partial charge in [-0.25, -0.2) is 0 Å². The number of hydrogen-bond acceptors (Lipinski definition) is 7. The molecule has 0 radical (unpaired) electrons. The van der Waals surface area contributed by atoms with E-state index in [1.165, 1.54) is 0 Å². The van der Waals surface area contributed by atoms with Gasteiger partial charge in [0.2, 0.25) is 0 Å². The number of likely N-dealkylation sites (tertiary alicyclic amines) is 1. The number of carbonyl (C=O) groups is 2. The Labute approximate surface area is 193 Å². The number of amides is 1. The number of rotatable bonds is 7. The minimum Gasteiger partial charge on any atom is -0.507 e. The first-order valence-electron chi connectivity index (χ1n) is 10.9. The second-order valence-corrected chi connectivity index (χ2v) is 7.95. The van der Waals surface area contributed by atoms with Gasteiger partial charge < -0.3 is 24.2 Å². The minimum atomic E-state index is -0.719. The molecule has 0 spiro atoms. The topological polar surface area (TPSA) is 88.5 Å². The molecule has 2 fully saturated rings. The summed E-state index contributed by atoms with van der Waals surface area (Å²) in [6.45, 7) is 3.82. The molecule has 0 aromatic heterocycles. The van der Waals surface area contributed by atoms with Gasteiger partial charge >= 0.3 is 0 Å². The van der Waals surface area contributed by atoms with Gasteiger partial charge in [-0.15, -0.1) is 0 Å². The van der Waals surface area contributed by atoms with Crippen molar-refractivity contribution >= 4 is 17.4 Å². The summed E-state index contributed by atoms with van der Waals surface area (Å²) in [5.74, 6) is -0.292. The number of ketones is 1. The molecule has 2 saturated heterocycles. The number of ether oxygens (including phenoxy) is 3. The van der Waals surface area contributed by atoms with E-state index in [1.54, 1.807) is 55.5 Å². The van der Waals surface area contributed by atoms with Gasteiger partial charge in [-0.2, -0.15) is 0 Å². The van der Waals surface area contributed by atoms with Crippen LogP contribution in [0.5, 0.6) is 11.5 Å². The molecule has 4 rings (SSSR count). The highest BCUT2D eigenvalue weighted by atomic mass is 16.5. The lowest BCUT2D eigenvalue weighted by atomic mass is 9.95. The van der Waals surface area contributed by atoms with Crippen molar-refractivity contribution < 1.29 is 28.9 Å². The van der Waals surface area contributed by atoms with E-state index in [2.05, 4.69) is 4.90 Å². The summed E-state index contributed by atoms with van der Waals surface area (Å²) in [5, 5.41) is 11.1. The Kier molecular flexibility index (Phi) is 6.96. The van der Waals surface area contributed by atoms with Crippen LogP contribution in [0.25, 0.3) is 5.76 Å². The molecule has 8 heteroatoms. The zero-order chi connectivity index (χ0) is 23.4. The van der Waals surface area contributed by atoms with Crippen molar-refractivity contribution in [2.75, 3.05) is 53.6 Å². The first kappa shape index (κ1) is 22.8. The molecular formula is C25H28N2O6. The van der Waals surface area contributed by atoms with E-state index < -0.39 is 17.7 Å². The molecule has 2 heterocycles. The van der Waals surface area contributed by atoms with Crippen LogP contribution in [0.1, 0.15) is 17.2 Å². The quantitative estimate of drug-likeness (QED) is 0.392. The minimum absolute atomic E-state index is 0.0698. The Bertz CT molecular complexity index is 1040. The Hall–Kier alpha value is -3.36. The molecular weight excluding hydrogens is 424 g/mol. The molecule has 2 aliphatic heterocycles. The van der Waals surface area contributed by atoms with Crippen molar-refractivity contribution in [2.45, 2.75) is 6.04 Å². The van der Waals surface area contributed by atoms with E-state index in [0.717, 1.165) is 13.1 Å². The van der Waals surface area contributed by atoms with Gasteiger partial charge in [0.15, 0.2) is 0 Å². The van der Waals surface area contributed by atoms with Crippen molar-refractivity contribution in [3.8, 4) is 11.5 Å². The molecule has 1 amide bonds. The number of aliphatic hydroxyl groups is 1. The Morgan fingerprint density at radius 1 is 1.00 bits per heavy atom.